The van der Waals surface area contributed by atoms with E-state index in [1.54, 1.807) is 0 Å². The zero-order valence-electron chi connectivity index (χ0n) is 10.2. The smallest absolute Gasteiger partial charge is 0.203 e. The molecule has 0 atom stereocenters. The zero-order valence-corrected chi connectivity index (χ0v) is 11.1. The van der Waals surface area contributed by atoms with Gasteiger partial charge in [-0.05, 0) is 18.6 Å². The van der Waals surface area contributed by atoms with Gasteiger partial charge in [0.15, 0.2) is 17.4 Å². The number of halogens is 4. The molecule has 106 valence electrons. The summed E-state index contributed by atoms with van der Waals surface area (Å²) in [5, 5.41) is 0. The summed E-state index contributed by atoms with van der Waals surface area (Å²) in [7, 11) is 0. The molecule has 2 rings (SSSR count). The van der Waals surface area contributed by atoms with E-state index >= 15 is 0 Å². The highest BCUT2D eigenvalue weighted by molar-refractivity contribution is 7.80. The van der Waals surface area contributed by atoms with Gasteiger partial charge in [-0.3, -0.25) is 0 Å². The van der Waals surface area contributed by atoms with Gasteiger partial charge in [0.1, 0.15) is 0 Å². The Morgan fingerprint density at radius 1 is 1.05 bits per heavy atom. The lowest BCUT2D eigenvalue weighted by molar-refractivity contribution is 0.158. The van der Waals surface area contributed by atoms with Crippen molar-refractivity contribution in [2.45, 2.75) is 25.7 Å². The summed E-state index contributed by atoms with van der Waals surface area (Å²) in [6.45, 7) is 0.00718. The van der Waals surface area contributed by atoms with Gasteiger partial charge in [0.25, 0.3) is 0 Å². The Morgan fingerprint density at radius 2 is 1.58 bits per heavy atom. The molecule has 1 aromatic carbocycles. The molecule has 1 nitrogen and oxygen atoms in total. The van der Waals surface area contributed by atoms with Crippen LogP contribution in [0.2, 0.25) is 0 Å². The van der Waals surface area contributed by atoms with Crippen molar-refractivity contribution in [2.24, 2.45) is 5.41 Å². The van der Waals surface area contributed by atoms with Crippen molar-refractivity contribution in [3.8, 4) is 5.75 Å². The maximum absolute atomic E-state index is 13.4. The molecule has 1 aliphatic carbocycles. The second-order valence-corrected chi connectivity index (χ2v) is 5.27. The average molecular weight is 294 g/mol. The van der Waals surface area contributed by atoms with Crippen LogP contribution in [0.3, 0.4) is 0 Å². The van der Waals surface area contributed by atoms with E-state index in [-0.39, 0.29) is 18.1 Å². The largest absolute Gasteiger partial charge is 0.487 e. The highest BCUT2D eigenvalue weighted by Gasteiger charge is 2.34. The number of benzene rings is 1. The maximum Gasteiger partial charge on any atom is 0.203 e. The molecule has 1 saturated carbocycles. The third kappa shape index (κ3) is 2.83. The van der Waals surface area contributed by atoms with E-state index < -0.39 is 29.0 Å². The number of thiol groups is 1. The van der Waals surface area contributed by atoms with E-state index in [9.17, 15) is 17.6 Å². The molecule has 0 saturated heterocycles. The summed E-state index contributed by atoms with van der Waals surface area (Å²) in [6.07, 6.45) is 3.65. The fraction of sp³-hybridized carbons (Fsp3) is 0.538. The minimum Gasteiger partial charge on any atom is -0.487 e. The minimum absolute atomic E-state index is 0.00718. The highest BCUT2D eigenvalue weighted by atomic mass is 32.1. The van der Waals surface area contributed by atoms with Crippen molar-refractivity contribution in [1.82, 2.24) is 0 Å². The molecular weight excluding hydrogens is 280 g/mol. The van der Waals surface area contributed by atoms with Crippen LogP contribution in [0.5, 0.6) is 5.75 Å². The van der Waals surface area contributed by atoms with E-state index in [1.165, 1.54) is 0 Å². The number of rotatable bonds is 4. The highest BCUT2D eigenvalue weighted by Crippen LogP contribution is 2.40. The minimum atomic E-state index is -1.49. The summed E-state index contributed by atoms with van der Waals surface area (Å²) < 4.78 is 57.9. The van der Waals surface area contributed by atoms with Crippen molar-refractivity contribution in [2.75, 3.05) is 12.4 Å². The van der Waals surface area contributed by atoms with Gasteiger partial charge in [0, 0.05) is 11.5 Å². The Labute approximate surface area is 114 Å². The Kier molecular flexibility index (Phi) is 4.28. The number of ether oxygens (including phenoxy) is 1. The van der Waals surface area contributed by atoms with Crippen molar-refractivity contribution < 1.29 is 22.3 Å². The van der Waals surface area contributed by atoms with E-state index in [4.69, 9.17) is 4.74 Å². The van der Waals surface area contributed by atoms with Crippen molar-refractivity contribution >= 4 is 12.6 Å². The van der Waals surface area contributed by atoms with Gasteiger partial charge >= 0.3 is 0 Å². The lowest BCUT2D eigenvalue weighted by Crippen LogP contribution is -2.28. The molecule has 1 fully saturated rings. The first-order valence-corrected chi connectivity index (χ1v) is 6.69. The quantitative estimate of drug-likeness (QED) is 0.499. The van der Waals surface area contributed by atoms with E-state index in [0.717, 1.165) is 25.7 Å². The van der Waals surface area contributed by atoms with Crippen molar-refractivity contribution in [1.29, 1.82) is 0 Å². The zero-order chi connectivity index (χ0) is 14.0. The SMILES string of the molecule is Fc1cc(F)c(F)c(OCC2(CS)CCCC2)c1F. The van der Waals surface area contributed by atoms with Crippen LogP contribution in [0, 0.1) is 28.7 Å². The summed E-state index contributed by atoms with van der Waals surface area (Å²) in [4.78, 5) is 0. The van der Waals surface area contributed by atoms with Crippen LogP contribution in [0.4, 0.5) is 17.6 Å². The fourth-order valence-corrected chi connectivity index (χ4v) is 2.78. The van der Waals surface area contributed by atoms with Gasteiger partial charge < -0.3 is 4.74 Å². The van der Waals surface area contributed by atoms with Crippen LogP contribution in [0.1, 0.15) is 25.7 Å². The van der Waals surface area contributed by atoms with Crippen molar-refractivity contribution in [3.63, 3.8) is 0 Å². The molecule has 0 aromatic heterocycles. The second-order valence-electron chi connectivity index (χ2n) is 4.95. The van der Waals surface area contributed by atoms with E-state index in [0.29, 0.717) is 5.75 Å². The third-order valence-electron chi connectivity index (χ3n) is 3.59. The van der Waals surface area contributed by atoms with Gasteiger partial charge in [-0.15, -0.1) is 0 Å². The van der Waals surface area contributed by atoms with Crippen LogP contribution in [0.25, 0.3) is 0 Å². The topological polar surface area (TPSA) is 9.23 Å². The molecule has 0 aliphatic heterocycles. The average Bonchev–Trinajstić information content (AvgIpc) is 2.86. The lowest BCUT2D eigenvalue weighted by Gasteiger charge is -2.26. The van der Waals surface area contributed by atoms with Crippen LogP contribution < -0.4 is 4.74 Å². The second kappa shape index (κ2) is 5.61. The summed E-state index contributed by atoms with van der Waals surface area (Å²) in [5.41, 5.74) is -0.273. The normalized spacial score (nSPS) is 17.7. The molecule has 0 amide bonds. The Bertz CT molecular complexity index is 446. The Hall–Kier alpha value is -0.910. The molecule has 1 aromatic rings. The van der Waals surface area contributed by atoms with Crippen LogP contribution >= 0.6 is 12.6 Å². The molecule has 0 unspecified atom stereocenters. The molecule has 0 bridgehead atoms. The van der Waals surface area contributed by atoms with Crippen LogP contribution in [-0.2, 0) is 0 Å². The van der Waals surface area contributed by atoms with E-state index in [2.05, 4.69) is 12.6 Å². The first-order chi connectivity index (χ1) is 8.99. The predicted octanol–water partition coefficient (Wildman–Crippen LogP) is 4.11. The first-order valence-electron chi connectivity index (χ1n) is 6.06. The molecule has 1 aliphatic rings. The molecule has 0 heterocycles. The van der Waals surface area contributed by atoms with E-state index in [1.807, 2.05) is 0 Å². The maximum atomic E-state index is 13.4. The molecule has 0 spiro atoms. The summed E-state index contributed by atoms with van der Waals surface area (Å²) in [6, 6.07) is 0.168. The molecule has 0 N–H and O–H groups in total. The third-order valence-corrected chi connectivity index (χ3v) is 4.26. The number of hydrogen-bond acceptors (Lipinski definition) is 2. The molecule has 6 heteroatoms. The van der Waals surface area contributed by atoms with Gasteiger partial charge in [0.05, 0.1) is 6.61 Å². The first kappa shape index (κ1) is 14.5. The molecular formula is C13H14F4OS. The molecule has 19 heavy (non-hydrogen) atoms. The van der Waals surface area contributed by atoms with Gasteiger partial charge in [0.2, 0.25) is 11.6 Å². The Morgan fingerprint density at radius 3 is 2.05 bits per heavy atom. The summed E-state index contributed by atoms with van der Waals surface area (Å²) in [5.74, 6) is -6.38. The number of hydrogen-bond donors (Lipinski definition) is 1. The van der Waals surface area contributed by atoms with Gasteiger partial charge in [-0.1, -0.05) is 12.8 Å². The van der Waals surface area contributed by atoms with Crippen LogP contribution in [0.15, 0.2) is 6.07 Å². The monoisotopic (exact) mass is 294 g/mol. The Balaban J connectivity index is 2.20. The van der Waals surface area contributed by atoms with Crippen molar-refractivity contribution in [3.05, 3.63) is 29.3 Å². The van der Waals surface area contributed by atoms with Crippen LogP contribution in [-0.4, -0.2) is 12.4 Å². The predicted molar refractivity (Wildman–Crippen MR) is 66.5 cm³/mol. The standard InChI is InChI=1S/C13H14F4OS/c14-8-5-9(15)11(17)12(10(8)16)18-6-13(7-19)3-1-2-4-13/h5,19H,1-4,6-7H2. The summed E-state index contributed by atoms with van der Waals surface area (Å²) >= 11 is 4.22. The van der Waals surface area contributed by atoms with Gasteiger partial charge in [-0.2, -0.15) is 21.4 Å². The lowest BCUT2D eigenvalue weighted by atomic mass is 9.90. The molecule has 0 radical (unpaired) electrons. The van der Waals surface area contributed by atoms with Gasteiger partial charge in [-0.25, -0.2) is 8.78 Å². The fourth-order valence-electron chi connectivity index (χ4n) is 2.38.